The smallest absolute Gasteiger partial charge is 0.338 e. The van der Waals surface area contributed by atoms with Crippen molar-refractivity contribution in [3.8, 4) is 0 Å². The predicted molar refractivity (Wildman–Crippen MR) is 80.0 cm³/mol. The Morgan fingerprint density at radius 1 is 1.40 bits per heavy atom. The quantitative estimate of drug-likeness (QED) is 0.848. The van der Waals surface area contributed by atoms with Crippen LogP contribution in [-0.2, 0) is 0 Å². The summed E-state index contributed by atoms with van der Waals surface area (Å²) in [5.41, 5.74) is 0.540. The summed E-state index contributed by atoms with van der Waals surface area (Å²) in [7, 11) is 0. The molecule has 0 saturated heterocycles. The monoisotopic (exact) mass is 308 g/mol. The van der Waals surface area contributed by atoms with E-state index in [-0.39, 0.29) is 11.5 Å². The predicted octanol–water partition coefficient (Wildman–Crippen LogP) is 3.12. The second-order valence-corrected chi connectivity index (χ2v) is 5.97. The standard InChI is InChI=1S/C13H12N2O3S2/c1-7-6-9(13(17)18)12(20-7)15-10(16)8-4-3-5-14-11(8)19-2/h3-6H,1-2H3,(H,15,16)(H,17,18). The largest absolute Gasteiger partial charge is 0.478 e. The van der Waals surface area contributed by atoms with E-state index in [0.717, 1.165) is 4.88 Å². The van der Waals surface area contributed by atoms with E-state index in [0.29, 0.717) is 15.6 Å². The van der Waals surface area contributed by atoms with Gasteiger partial charge in [0.15, 0.2) is 0 Å². The maximum absolute atomic E-state index is 12.2. The Labute approximate surface area is 124 Å². The Morgan fingerprint density at radius 3 is 2.80 bits per heavy atom. The van der Waals surface area contributed by atoms with Crippen molar-refractivity contribution in [1.29, 1.82) is 0 Å². The maximum Gasteiger partial charge on any atom is 0.338 e. The maximum atomic E-state index is 12.2. The van der Waals surface area contributed by atoms with Crippen molar-refractivity contribution < 1.29 is 14.7 Å². The van der Waals surface area contributed by atoms with Gasteiger partial charge >= 0.3 is 5.97 Å². The molecule has 0 aromatic carbocycles. The molecule has 20 heavy (non-hydrogen) atoms. The lowest BCUT2D eigenvalue weighted by atomic mass is 10.2. The number of aryl methyl sites for hydroxylation is 1. The highest BCUT2D eigenvalue weighted by Gasteiger charge is 2.18. The van der Waals surface area contributed by atoms with Crippen molar-refractivity contribution in [2.75, 3.05) is 11.6 Å². The number of carboxylic acid groups (broad SMARTS) is 1. The van der Waals surface area contributed by atoms with E-state index >= 15 is 0 Å². The lowest BCUT2D eigenvalue weighted by Crippen LogP contribution is -2.14. The third-order valence-corrected chi connectivity index (χ3v) is 4.20. The van der Waals surface area contributed by atoms with Crippen LogP contribution in [0.15, 0.2) is 29.4 Å². The summed E-state index contributed by atoms with van der Waals surface area (Å²) in [6.45, 7) is 1.80. The molecule has 0 aliphatic rings. The average molecular weight is 308 g/mol. The molecule has 0 spiro atoms. The second kappa shape index (κ2) is 6.06. The topological polar surface area (TPSA) is 79.3 Å². The molecule has 2 aromatic rings. The number of hydrogen-bond acceptors (Lipinski definition) is 5. The van der Waals surface area contributed by atoms with Gasteiger partial charge in [-0.2, -0.15) is 0 Å². The van der Waals surface area contributed by atoms with Crippen LogP contribution in [0.3, 0.4) is 0 Å². The van der Waals surface area contributed by atoms with Gasteiger partial charge in [-0.3, -0.25) is 4.79 Å². The molecule has 0 saturated carbocycles. The van der Waals surface area contributed by atoms with Crippen LogP contribution in [0.2, 0.25) is 0 Å². The fraction of sp³-hybridized carbons (Fsp3) is 0.154. The van der Waals surface area contributed by atoms with Crippen LogP contribution in [0.25, 0.3) is 0 Å². The third-order valence-electron chi connectivity index (χ3n) is 2.52. The van der Waals surface area contributed by atoms with Crippen molar-refractivity contribution >= 4 is 40.0 Å². The lowest BCUT2D eigenvalue weighted by Gasteiger charge is -2.06. The van der Waals surface area contributed by atoms with Gasteiger partial charge in [0.25, 0.3) is 5.91 Å². The minimum Gasteiger partial charge on any atom is -0.478 e. The number of amides is 1. The van der Waals surface area contributed by atoms with Crippen molar-refractivity contribution in [1.82, 2.24) is 4.98 Å². The number of carbonyl (C=O) groups is 2. The Balaban J connectivity index is 2.30. The molecular formula is C13H12N2O3S2. The molecule has 0 atom stereocenters. The first-order chi connectivity index (χ1) is 9.52. The number of nitrogens with one attached hydrogen (secondary N) is 1. The van der Waals surface area contributed by atoms with Gasteiger partial charge in [0.05, 0.1) is 11.1 Å². The molecule has 5 nitrogen and oxygen atoms in total. The molecule has 2 heterocycles. The van der Waals surface area contributed by atoms with Gasteiger partial charge in [0.2, 0.25) is 0 Å². The van der Waals surface area contributed by atoms with Crippen molar-refractivity contribution in [2.45, 2.75) is 11.9 Å². The van der Waals surface area contributed by atoms with Crippen molar-refractivity contribution in [3.63, 3.8) is 0 Å². The first kappa shape index (κ1) is 14.5. The second-order valence-electron chi connectivity index (χ2n) is 3.92. The first-order valence-electron chi connectivity index (χ1n) is 5.67. The zero-order valence-electron chi connectivity index (χ0n) is 10.8. The number of hydrogen-bond donors (Lipinski definition) is 2. The van der Waals surface area contributed by atoms with Crippen LogP contribution < -0.4 is 5.32 Å². The Hall–Kier alpha value is -1.86. The van der Waals surface area contributed by atoms with Crippen LogP contribution in [0.4, 0.5) is 5.00 Å². The summed E-state index contributed by atoms with van der Waals surface area (Å²) >= 11 is 2.60. The van der Waals surface area contributed by atoms with Crippen LogP contribution in [0.5, 0.6) is 0 Å². The van der Waals surface area contributed by atoms with Crippen LogP contribution in [-0.4, -0.2) is 28.2 Å². The van der Waals surface area contributed by atoms with E-state index in [1.165, 1.54) is 23.1 Å². The Morgan fingerprint density at radius 2 is 2.15 bits per heavy atom. The summed E-state index contributed by atoms with van der Waals surface area (Å²) in [5, 5.41) is 12.7. The molecule has 2 N–H and O–H groups in total. The van der Waals surface area contributed by atoms with Gasteiger partial charge in [0, 0.05) is 11.1 Å². The van der Waals surface area contributed by atoms with Crippen LogP contribution >= 0.6 is 23.1 Å². The number of anilines is 1. The summed E-state index contributed by atoms with van der Waals surface area (Å²) < 4.78 is 0. The van der Waals surface area contributed by atoms with Gasteiger partial charge in [-0.1, -0.05) is 0 Å². The van der Waals surface area contributed by atoms with Crippen molar-refractivity contribution in [2.24, 2.45) is 0 Å². The van der Waals surface area contributed by atoms with E-state index < -0.39 is 5.97 Å². The van der Waals surface area contributed by atoms with E-state index in [1.807, 2.05) is 6.26 Å². The number of pyridine rings is 1. The van der Waals surface area contributed by atoms with Gasteiger partial charge in [-0.05, 0) is 31.4 Å². The van der Waals surface area contributed by atoms with Crippen LogP contribution in [0.1, 0.15) is 25.6 Å². The van der Waals surface area contributed by atoms with Gasteiger partial charge in [-0.25, -0.2) is 9.78 Å². The number of aromatic nitrogens is 1. The third kappa shape index (κ3) is 3.00. The van der Waals surface area contributed by atoms with E-state index in [1.54, 1.807) is 31.3 Å². The zero-order chi connectivity index (χ0) is 14.7. The van der Waals surface area contributed by atoms with E-state index in [4.69, 9.17) is 5.11 Å². The number of thiophene rings is 1. The summed E-state index contributed by atoms with van der Waals surface area (Å²) in [6, 6.07) is 4.88. The minimum absolute atomic E-state index is 0.107. The van der Waals surface area contributed by atoms with Gasteiger partial charge in [0.1, 0.15) is 10.0 Å². The number of carboxylic acids is 1. The number of nitrogens with zero attached hydrogens (tertiary/aromatic N) is 1. The Kier molecular flexibility index (Phi) is 4.41. The van der Waals surface area contributed by atoms with Gasteiger partial charge < -0.3 is 10.4 Å². The van der Waals surface area contributed by atoms with Crippen LogP contribution in [0, 0.1) is 6.92 Å². The average Bonchev–Trinajstić information content (AvgIpc) is 2.79. The molecule has 0 fully saturated rings. The molecular weight excluding hydrogens is 296 g/mol. The fourth-order valence-electron chi connectivity index (χ4n) is 1.66. The van der Waals surface area contributed by atoms with E-state index in [9.17, 15) is 9.59 Å². The summed E-state index contributed by atoms with van der Waals surface area (Å²) in [4.78, 5) is 28.3. The zero-order valence-corrected chi connectivity index (χ0v) is 12.5. The SMILES string of the molecule is CSc1ncccc1C(=O)Nc1sc(C)cc1C(=O)O. The highest BCUT2D eigenvalue weighted by Crippen LogP contribution is 2.28. The molecule has 2 rings (SSSR count). The van der Waals surface area contributed by atoms with E-state index in [2.05, 4.69) is 10.3 Å². The Bertz CT molecular complexity index is 667. The molecule has 104 valence electrons. The van der Waals surface area contributed by atoms with Crippen molar-refractivity contribution in [3.05, 3.63) is 40.4 Å². The highest BCUT2D eigenvalue weighted by atomic mass is 32.2. The molecule has 1 amide bonds. The molecule has 0 aliphatic heterocycles. The molecule has 7 heteroatoms. The number of rotatable bonds is 4. The number of carbonyl (C=O) groups excluding carboxylic acids is 1. The molecule has 0 radical (unpaired) electrons. The molecule has 2 aromatic heterocycles. The lowest BCUT2D eigenvalue weighted by molar-refractivity contribution is 0.0698. The molecule has 0 unspecified atom stereocenters. The summed E-state index contributed by atoms with van der Waals surface area (Å²) in [6.07, 6.45) is 3.44. The number of thioether (sulfide) groups is 1. The first-order valence-corrected chi connectivity index (χ1v) is 7.71. The summed E-state index contributed by atoms with van der Waals surface area (Å²) in [5.74, 6) is -1.41. The molecule has 0 bridgehead atoms. The minimum atomic E-state index is -1.05. The highest BCUT2D eigenvalue weighted by molar-refractivity contribution is 7.98. The van der Waals surface area contributed by atoms with Gasteiger partial charge in [-0.15, -0.1) is 23.1 Å². The number of aromatic carboxylic acids is 1. The molecule has 0 aliphatic carbocycles. The normalized spacial score (nSPS) is 10.3. The fourth-order valence-corrected chi connectivity index (χ4v) is 3.11.